The zero-order chi connectivity index (χ0) is 11.1. The van der Waals surface area contributed by atoms with Crippen molar-refractivity contribution in [1.82, 2.24) is 0 Å². The van der Waals surface area contributed by atoms with Gasteiger partial charge in [0.2, 0.25) is 0 Å². The average Bonchev–Trinajstić information content (AvgIpc) is 2.18. The van der Waals surface area contributed by atoms with Crippen molar-refractivity contribution < 1.29 is 9.53 Å². The summed E-state index contributed by atoms with van der Waals surface area (Å²) in [6.45, 7) is 4.20. The van der Waals surface area contributed by atoms with Gasteiger partial charge < -0.3 is 4.74 Å². The van der Waals surface area contributed by atoms with Gasteiger partial charge in [-0.25, -0.2) is 0 Å². The molecule has 0 aliphatic carbocycles. The summed E-state index contributed by atoms with van der Waals surface area (Å²) in [6, 6.07) is 7.86. The summed E-state index contributed by atoms with van der Waals surface area (Å²) in [5.41, 5.74) is 2.09. The van der Waals surface area contributed by atoms with Crippen LogP contribution in [0.25, 0.3) is 0 Å². The first kappa shape index (κ1) is 11.3. The van der Waals surface area contributed by atoms with Crippen LogP contribution in [0.15, 0.2) is 24.3 Å². The van der Waals surface area contributed by atoms with E-state index in [-0.39, 0.29) is 12.4 Å². The minimum atomic E-state index is -0.266. The second-order valence-corrected chi connectivity index (χ2v) is 3.15. The molecule has 1 rings (SSSR count). The normalized spacial score (nSPS) is 8.93. The van der Waals surface area contributed by atoms with E-state index in [4.69, 9.17) is 4.74 Å². The molecule has 0 amide bonds. The van der Waals surface area contributed by atoms with Crippen molar-refractivity contribution in [3.8, 4) is 11.8 Å². The number of carbonyl (C=O) groups is 1. The standard InChI is InChI=1S/C13H14O2/c1-3-15-13(14)9-5-8-12-7-4-6-11(2)10-12/h4,6-7,10H,3,9H2,1-2H3. The molecule has 0 unspecified atom stereocenters. The molecular weight excluding hydrogens is 188 g/mol. The second kappa shape index (κ2) is 5.87. The van der Waals surface area contributed by atoms with Gasteiger partial charge in [0, 0.05) is 5.56 Å². The number of hydrogen-bond acceptors (Lipinski definition) is 2. The van der Waals surface area contributed by atoms with Gasteiger partial charge in [-0.1, -0.05) is 24.0 Å². The molecule has 0 aliphatic rings. The van der Waals surface area contributed by atoms with Gasteiger partial charge >= 0.3 is 5.97 Å². The van der Waals surface area contributed by atoms with Crippen LogP contribution in [0.1, 0.15) is 24.5 Å². The highest BCUT2D eigenvalue weighted by Gasteiger charge is 1.95. The fraction of sp³-hybridized carbons (Fsp3) is 0.308. The van der Waals surface area contributed by atoms with E-state index in [1.165, 1.54) is 0 Å². The van der Waals surface area contributed by atoms with Crippen LogP contribution in [-0.2, 0) is 9.53 Å². The summed E-state index contributed by atoms with van der Waals surface area (Å²) < 4.78 is 4.76. The first-order valence-electron chi connectivity index (χ1n) is 4.93. The van der Waals surface area contributed by atoms with Gasteiger partial charge in [0.15, 0.2) is 0 Å². The van der Waals surface area contributed by atoms with Crippen molar-refractivity contribution in [2.75, 3.05) is 6.61 Å². The summed E-state index contributed by atoms with van der Waals surface area (Å²) in [5.74, 6) is 5.45. The molecule has 1 aromatic carbocycles. The van der Waals surface area contributed by atoms with Crippen LogP contribution >= 0.6 is 0 Å². The van der Waals surface area contributed by atoms with E-state index in [1.54, 1.807) is 6.92 Å². The molecule has 78 valence electrons. The molecule has 0 atom stereocenters. The zero-order valence-corrected chi connectivity index (χ0v) is 9.04. The molecule has 0 aromatic heterocycles. The van der Waals surface area contributed by atoms with Gasteiger partial charge in [-0.2, -0.15) is 0 Å². The number of carbonyl (C=O) groups excluding carboxylic acids is 1. The summed E-state index contributed by atoms with van der Waals surface area (Å²) in [7, 11) is 0. The van der Waals surface area contributed by atoms with Crippen molar-refractivity contribution >= 4 is 5.97 Å². The van der Waals surface area contributed by atoms with Crippen molar-refractivity contribution in [2.45, 2.75) is 20.3 Å². The van der Waals surface area contributed by atoms with Crippen LogP contribution in [-0.4, -0.2) is 12.6 Å². The fourth-order valence-electron chi connectivity index (χ4n) is 1.15. The lowest BCUT2D eigenvalue weighted by Crippen LogP contribution is -2.01. The van der Waals surface area contributed by atoms with Crippen LogP contribution in [0, 0.1) is 18.8 Å². The maximum Gasteiger partial charge on any atom is 0.317 e. The van der Waals surface area contributed by atoms with Crippen LogP contribution in [0.3, 0.4) is 0 Å². The molecule has 0 saturated heterocycles. The number of ether oxygens (including phenoxy) is 1. The third-order valence-electron chi connectivity index (χ3n) is 1.79. The van der Waals surface area contributed by atoms with Crippen molar-refractivity contribution in [3.05, 3.63) is 35.4 Å². The monoisotopic (exact) mass is 202 g/mol. The molecule has 0 N–H and O–H groups in total. The molecule has 0 fully saturated rings. The molecule has 2 nitrogen and oxygen atoms in total. The van der Waals surface area contributed by atoms with Gasteiger partial charge in [-0.05, 0) is 31.5 Å². The Hall–Kier alpha value is -1.75. The SMILES string of the molecule is CCOC(=O)CC#Cc1cccc(C)c1. The number of hydrogen-bond donors (Lipinski definition) is 0. The first-order chi connectivity index (χ1) is 7.22. The van der Waals surface area contributed by atoms with E-state index in [1.807, 2.05) is 31.2 Å². The summed E-state index contributed by atoms with van der Waals surface area (Å²) in [6.07, 6.45) is 0.155. The fourth-order valence-corrected chi connectivity index (χ4v) is 1.15. The molecule has 0 bridgehead atoms. The summed E-state index contributed by atoms with van der Waals surface area (Å²) >= 11 is 0. The molecular formula is C13H14O2. The minimum absolute atomic E-state index is 0.155. The molecule has 0 aliphatic heterocycles. The van der Waals surface area contributed by atoms with Gasteiger partial charge in [0.05, 0.1) is 6.61 Å². The Kier molecular flexibility index (Phi) is 4.43. The van der Waals surface area contributed by atoms with Gasteiger partial charge in [-0.15, -0.1) is 0 Å². The third kappa shape index (κ3) is 4.33. The Bertz CT molecular complexity index is 396. The number of esters is 1. The van der Waals surface area contributed by atoms with E-state index in [0.29, 0.717) is 6.61 Å². The Morgan fingerprint density at radius 3 is 2.93 bits per heavy atom. The lowest BCUT2D eigenvalue weighted by molar-refractivity contribution is -0.141. The Balaban J connectivity index is 2.55. The zero-order valence-electron chi connectivity index (χ0n) is 9.04. The Morgan fingerprint density at radius 1 is 1.47 bits per heavy atom. The van der Waals surface area contributed by atoms with Gasteiger partial charge in [0.25, 0.3) is 0 Å². The van der Waals surface area contributed by atoms with E-state index in [2.05, 4.69) is 11.8 Å². The number of aryl methyl sites for hydroxylation is 1. The smallest absolute Gasteiger partial charge is 0.317 e. The van der Waals surface area contributed by atoms with Crippen LogP contribution in [0.5, 0.6) is 0 Å². The van der Waals surface area contributed by atoms with E-state index in [0.717, 1.165) is 11.1 Å². The highest BCUT2D eigenvalue weighted by molar-refractivity contribution is 5.72. The van der Waals surface area contributed by atoms with Crippen LogP contribution in [0.4, 0.5) is 0 Å². The van der Waals surface area contributed by atoms with Gasteiger partial charge in [0.1, 0.15) is 6.42 Å². The molecule has 1 aromatic rings. The number of rotatable bonds is 2. The maximum atomic E-state index is 11.0. The van der Waals surface area contributed by atoms with Crippen molar-refractivity contribution in [3.63, 3.8) is 0 Å². The highest BCUT2D eigenvalue weighted by atomic mass is 16.5. The maximum absolute atomic E-state index is 11.0. The van der Waals surface area contributed by atoms with Crippen LogP contribution < -0.4 is 0 Å². The van der Waals surface area contributed by atoms with Crippen LogP contribution in [0.2, 0.25) is 0 Å². The minimum Gasteiger partial charge on any atom is -0.465 e. The molecule has 0 heterocycles. The second-order valence-electron chi connectivity index (χ2n) is 3.15. The lowest BCUT2D eigenvalue weighted by atomic mass is 10.1. The lowest BCUT2D eigenvalue weighted by Gasteiger charge is -1.95. The molecule has 0 radical (unpaired) electrons. The predicted octanol–water partition coefficient (Wildman–Crippen LogP) is 2.30. The van der Waals surface area contributed by atoms with Crippen molar-refractivity contribution in [1.29, 1.82) is 0 Å². The quantitative estimate of drug-likeness (QED) is 0.543. The van der Waals surface area contributed by atoms with Crippen molar-refractivity contribution in [2.24, 2.45) is 0 Å². The highest BCUT2D eigenvalue weighted by Crippen LogP contribution is 2.01. The molecule has 0 spiro atoms. The van der Waals surface area contributed by atoms with E-state index >= 15 is 0 Å². The molecule has 0 saturated carbocycles. The molecule has 15 heavy (non-hydrogen) atoms. The third-order valence-corrected chi connectivity index (χ3v) is 1.79. The first-order valence-corrected chi connectivity index (χ1v) is 4.93. The average molecular weight is 202 g/mol. The Morgan fingerprint density at radius 2 is 2.27 bits per heavy atom. The molecule has 2 heteroatoms. The summed E-state index contributed by atoms with van der Waals surface area (Å²) in [5, 5.41) is 0. The van der Waals surface area contributed by atoms with E-state index < -0.39 is 0 Å². The topological polar surface area (TPSA) is 26.3 Å². The summed E-state index contributed by atoms with van der Waals surface area (Å²) in [4.78, 5) is 11.0. The van der Waals surface area contributed by atoms with Gasteiger partial charge in [-0.3, -0.25) is 4.79 Å². The largest absolute Gasteiger partial charge is 0.465 e. The number of benzene rings is 1. The Labute approximate surface area is 90.3 Å². The van der Waals surface area contributed by atoms with E-state index in [9.17, 15) is 4.79 Å². The predicted molar refractivity (Wildman–Crippen MR) is 59.3 cm³/mol.